The quantitative estimate of drug-likeness (QED) is 0.325. The van der Waals surface area contributed by atoms with Crippen LogP contribution in [0, 0.1) is 12.7 Å². The SMILES string of the molecule is Cc1ccc(S(=O)(=O)Nc2cc(Cl)cnc2C(O)c2c(F)ccc3[nH]c(=O)oc23)cc1C(F)(F)F. The molecule has 14 heteroatoms. The lowest BCUT2D eigenvalue weighted by Gasteiger charge is -2.18. The number of rotatable bonds is 5. The number of aryl methyl sites for hydroxylation is 1. The first-order valence-electron chi connectivity index (χ1n) is 9.63. The van der Waals surface area contributed by atoms with Crippen LogP contribution in [0.2, 0.25) is 5.02 Å². The number of fused-ring (bicyclic) bond motifs is 1. The third kappa shape index (κ3) is 4.74. The Balaban J connectivity index is 1.81. The van der Waals surface area contributed by atoms with E-state index >= 15 is 0 Å². The van der Waals surface area contributed by atoms with E-state index in [0.29, 0.717) is 6.07 Å². The van der Waals surface area contributed by atoms with Crippen LogP contribution in [-0.2, 0) is 16.2 Å². The summed E-state index contributed by atoms with van der Waals surface area (Å²) in [6.07, 6.45) is -5.72. The first-order valence-corrected chi connectivity index (χ1v) is 11.5. The number of nitrogens with one attached hydrogen (secondary N) is 2. The second-order valence-electron chi connectivity index (χ2n) is 7.42. The van der Waals surface area contributed by atoms with E-state index in [9.17, 15) is 35.9 Å². The van der Waals surface area contributed by atoms with Crippen molar-refractivity contribution in [2.24, 2.45) is 0 Å². The maximum atomic E-state index is 14.6. The minimum Gasteiger partial charge on any atom is -0.407 e. The largest absolute Gasteiger partial charge is 0.417 e. The molecule has 0 saturated carbocycles. The number of pyridine rings is 1. The van der Waals surface area contributed by atoms with Gasteiger partial charge >= 0.3 is 11.9 Å². The number of halogens is 5. The number of alkyl halides is 3. The van der Waals surface area contributed by atoms with Crippen LogP contribution >= 0.6 is 11.6 Å². The van der Waals surface area contributed by atoms with E-state index in [2.05, 4.69) is 9.97 Å². The van der Waals surface area contributed by atoms with Crippen LogP contribution in [-0.4, -0.2) is 23.5 Å². The number of aliphatic hydroxyl groups is 1. The van der Waals surface area contributed by atoms with Crippen molar-refractivity contribution in [3.63, 3.8) is 0 Å². The third-order valence-electron chi connectivity index (χ3n) is 5.06. The van der Waals surface area contributed by atoms with Gasteiger partial charge in [0.1, 0.15) is 11.9 Å². The fourth-order valence-corrected chi connectivity index (χ4v) is 4.68. The fourth-order valence-electron chi connectivity index (χ4n) is 3.43. The summed E-state index contributed by atoms with van der Waals surface area (Å²) in [5.74, 6) is -1.92. The second kappa shape index (κ2) is 8.66. The number of aliphatic hydroxyl groups excluding tert-OH is 1. The summed E-state index contributed by atoms with van der Waals surface area (Å²) < 4.78 is 87.3. The summed E-state index contributed by atoms with van der Waals surface area (Å²) in [7, 11) is -4.65. The van der Waals surface area contributed by atoms with E-state index in [0.717, 1.165) is 30.5 Å². The Morgan fingerprint density at radius 3 is 2.60 bits per heavy atom. The van der Waals surface area contributed by atoms with Gasteiger partial charge in [-0.25, -0.2) is 17.6 Å². The number of nitrogens with zero attached hydrogens (tertiary/aromatic N) is 1. The summed E-state index contributed by atoms with van der Waals surface area (Å²) >= 11 is 5.91. The minimum atomic E-state index is -4.80. The van der Waals surface area contributed by atoms with Crippen LogP contribution in [0.3, 0.4) is 0 Å². The normalized spacial score (nSPS) is 13.2. The van der Waals surface area contributed by atoms with Crippen molar-refractivity contribution in [1.29, 1.82) is 0 Å². The zero-order valence-electron chi connectivity index (χ0n) is 17.4. The molecule has 0 spiro atoms. The second-order valence-corrected chi connectivity index (χ2v) is 9.54. The van der Waals surface area contributed by atoms with Crippen molar-refractivity contribution < 1.29 is 35.5 Å². The van der Waals surface area contributed by atoms with Crippen LogP contribution < -0.4 is 10.5 Å². The van der Waals surface area contributed by atoms with Gasteiger partial charge in [0, 0.05) is 6.20 Å². The van der Waals surface area contributed by atoms with Crippen LogP contribution in [0.15, 0.2) is 56.7 Å². The average molecular weight is 532 g/mol. The van der Waals surface area contributed by atoms with Gasteiger partial charge in [-0.3, -0.25) is 14.7 Å². The number of sulfonamides is 1. The number of oxazole rings is 1. The van der Waals surface area contributed by atoms with Gasteiger partial charge in [-0.05, 0) is 42.8 Å². The predicted molar refractivity (Wildman–Crippen MR) is 117 cm³/mol. The van der Waals surface area contributed by atoms with Crippen molar-refractivity contribution in [2.45, 2.75) is 24.1 Å². The fraction of sp³-hybridized carbons (Fsp3) is 0.143. The summed E-state index contributed by atoms with van der Waals surface area (Å²) in [5.41, 5.74) is -3.02. The van der Waals surface area contributed by atoms with E-state index in [1.807, 2.05) is 4.72 Å². The van der Waals surface area contributed by atoms with Crippen molar-refractivity contribution in [3.05, 3.63) is 86.4 Å². The maximum Gasteiger partial charge on any atom is 0.417 e. The molecule has 2 aromatic carbocycles. The molecule has 0 fully saturated rings. The van der Waals surface area contributed by atoms with Crippen molar-refractivity contribution in [2.75, 3.05) is 4.72 Å². The first-order chi connectivity index (χ1) is 16.3. The minimum absolute atomic E-state index is 0.0564. The van der Waals surface area contributed by atoms with Crippen LogP contribution in [0.25, 0.3) is 11.1 Å². The van der Waals surface area contributed by atoms with Gasteiger partial charge in [-0.1, -0.05) is 17.7 Å². The molecule has 0 amide bonds. The molecule has 1 unspecified atom stereocenters. The monoisotopic (exact) mass is 531 g/mol. The Morgan fingerprint density at radius 1 is 1.20 bits per heavy atom. The average Bonchev–Trinajstić information content (AvgIpc) is 3.12. The highest BCUT2D eigenvalue weighted by atomic mass is 35.5. The highest BCUT2D eigenvalue weighted by Gasteiger charge is 2.34. The molecule has 2 heterocycles. The van der Waals surface area contributed by atoms with Crippen molar-refractivity contribution in [1.82, 2.24) is 9.97 Å². The Hall–Kier alpha value is -3.42. The molecular weight excluding hydrogens is 518 g/mol. The molecule has 0 bridgehead atoms. The molecule has 0 aliphatic carbocycles. The zero-order valence-corrected chi connectivity index (χ0v) is 19.0. The number of H-pyrrole nitrogens is 1. The predicted octanol–water partition coefficient (Wildman–Crippen LogP) is 4.52. The number of hydrogen-bond acceptors (Lipinski definition) is 6. The van der Waals surface area contributed by atoms with E-state index in [1.54, 1.807) is 0 Å². The van der Waals surface area contributed by atoms with E-state index in [1.165, 1.54) is 13.0 Å². The van der Waals surface area contributed by atoms with Gasteiger partial charge in [-0.2, -0.15) is 13.2 Å². The van der Waals surface area contributed by atoms with Crippen LogP contribution in [0.4, 0.5) is 23.2 Å². The van der Waals surface area contributed by atoms with Crippen molar-refractivity contribution >= 4 is 38.4 Å². The number of aromatic nitrogens is 2. The lowest BCUT2D eigenvalue weighted by molar-refractivity contribution is -0.138. The summed E-state index contributed by atoms with van der Waals surface area (Å²) in [4.78, 5) is 17.0. The molecule has 0 saturated heterocycles. The molecular formula is C21H14ClF4N3O5S. The van der Waals surface area contributed by atoms with E-state index < -0.39 is 61.3 Å². The third-order valence-corrected chi connectivity index (χ3v) is 6.63. The molecule has 8 nitrogen and oxygen atoms in total. The van der Waals surface area contributed by atoms with Gasteiger partial charge in [0.2, 0.25) is 0 Å². The number of hydrogen-bond donors (Lipinski definition) is 3. The summed E-state index contributed by atoms with van der Waals surface area (Å²) in [6, 6.07) is 5.59. The Morgan fingerprint density at radius 2 is 1.91 bits per heavy atom. The molecule has 4 aromatic rings. The van der Waals surface area contributed by atoms with Crippen LogP contribution in [0.1, 0.15) is 28.5 Å². The first kappa shape index (κ1) is 24.7. The summed E-state index contributed by atoms with van der Waals surface area (Å²) in [6.45, 7) is 1.18. The molecule has 35 heavy (non-hydrogen) atoms. The van der Waals surface area contributed by atoms with Crippen molar-refractivity contribution in [3.8, 4) is 0 Å². The van der Waals surface area contributed by atoms with Crippen LogP contribution in [0.5, 0.6) is 0 Å². The Labute approximate surface area is 199 Å². The topological polar surface area (TPSA) is 125 Å². The maximum absolute atomic E-state index is 14.6. The molecule has 3 N–H and O–H groups in total. The highest BCUT2D eigenvalue weighted by Crippen LogP contribution is 2.36. The zero-order chi connectivity index (χ0) is 25.7. The lowest BCUT2D eigenvalue weighted by atomic mass is 10.0. The van der Waals surface area contributed by atoms with E-state index in [4.69, 9.17) is 16.0 Å². The van der Waals surface area contributed by atoms with Gasteiger partial charge < -0.3 is 9.52 Å². The molecule has 1 atom stereocenters. The van der Waals surface area contributed by atoms with Gasteiger partial charge in [-0.15, -0.1) is 0 Å². The molecule has 184 valence electrons. The number of benzene rings is 2. The Kier molecular flexibility index (Phi) is 6.11. The van der Waals surface area contributed by atoms with Gasteiger partial charge in [0.15, 0.2) is 5.58 Å². The molecule has 0 aliphatic rings. The van der Waals surface area contributed by atoms with E-state index in [-0.39, 0.29) is 21.7 Å². The lowest BCUT2D eigenvalue weighted by Crippen LogP contribution is -2.18. The molecule has 4 rings (SSSR count). The molecule has 0 radical (unpaired) electrons. The standard InChI is InChI=1S/C21H14ClF4N3O5S/c1-9-2-3-11(7-12(9)21(24,25)26)35(32,33)29-15-6-10(22)8-27-17(15)18(30)16-13(23)4-5-14-19(16)34-20(31)28-14/h2-8,18,29-30H,1H3,(H,28,31). The molecule has 0 aliphatic heterocycles. The Bertz CT molecular complexity index is 1620. The number of aromatic amines is 1. The summed E-state index contributed by atoms with van der Waals surface area (Å²) in [5, 5.41) is 10.8. The van der Waals surface area contributed by atoms with Gasteiger partial charge in [0.05, 0.1) is 37.9 Å². The molecule has 2 aromatic heterocycles. The smallest absolute Gasteiger partial charge is 0.407 e. The number of anilines is 1. The highest BCUT2D eigenvalue weighted by molar-refractivity contribution is 7.92. The van der Waals surface area contributed by atoms with Gasteiger partial charge in [0.25, 0.3) is 10.0 Å².